The Hall–Kier alpha value is -1.66. The van der Waals surface area contributed by atoms with E-state index < -0.39 is 11.7 Å². The first-order chi connectivity index (χ1) is 8.92. The lowest BCUT2D eigenvalue weighted by Crippen LogP contribution is -2.37. The van der Waals surface area contributed by atoms with E-state index in [4.69, 9.17) is 11.6 Å². The van der Waals surface area contributed by atoms with E-state index in [2.05, 4.69) is 10.6 Å². The van der Waals surface area contributed by atoms with Crippen molar-refractivity contribution in [3.63, 3.8) is 0 Å². The Morgan fingerprint density at radius 2 is 1.95 bits per heavy atom. The van der Waals surface area contributed by atoms with Gasteiger partial charge in [-0.1, -0.05) is 11.6 Å². The molecular weight excluding hydrogens is 273 g/mol. The smallest absolute Gasteiger partial charge is 0.238 e. The maximum absolute atomic E-state index is 13.4. The van der Waals surface area contributed by atoms with E-state index in [9.17, 15) is 14.0 Å². The number of nitrogens with one attached hydrogen (secondary N) is 2. The van der Waals surface area contributed by atoms with E-state index in [-0.39, 0.29) is 24.7 Å². The van der Waals surface area contributed by atoms with Gasteiger partial charge in [0.1, 0.15) is 5.82 Å². The molecule has 0 bridgehead atoms. The van der Waals surface area contributed by atoms with Gasteiger partial charge in [-0.3, -0.25) is 14.5 Å². The van der Waals surface area contributed by atoms with Crippen LogP contribution in [0.2, 0.25) is 5.02 Å². The second kappa shape index (κ2) is 7.06. The Kier molecular flexibility index (Phi) is 5.72. The number of carbonyl (C=O) groups is 2. The summed E-state index contributed by atoms with van der Waals surface area (Å²) in [7, 11) is 3.13. The van der Waals surface area contributed by atoms with E-state index >= 15 is 0 Å². The van der Waals surface area contributed by atoms with Gasteiger partial charge >= 0.3 is 0 Å². The molecule has 0 aliphatic rings. The molecule has 0 unspecified atom stereocenters. The molecule has 0 heterocycles. The van der Waals surface area contributed by atoms with E-state index in [1.165, 1.54) is 30.1 Å². The Labute approximate surface area is 115 Å². The molecule has 19 heavy (non-hydrogen) atoms. The first kappa shape index (κ1) is 15.4. The SMILES string of the molecule is CNC(=O)CN(C)CC(=O)Nc1cc(Cl)ccc1F. The van der Waals surface area contributed by atoms with Crippen LogP contribution in [-0.2, 0) is 9.59 Å². The van der Waals surface area contributed by atoms with Crippen molar-refractivity contribution in [3.8, 4) is 0 Å². The fourth-order valence-electron chi connectivity index (χ4n) is 1.41. The molecule has 0 radical (unpaired) electrons. The number of halogens is 2. The lowest BCUT2D eigenvalue weighted by Gasteiger charge is -2.15. The maximum Gasteiger partial charge on any atom is 0.238 e. The van der Waals surface area contributed by atoms with Gasteiger partial charge in [-0.05, 0) is 25.2 Å². The molecule has 0 aromatic heterocycles. The van der Waals surface area contributed by atoms with Crippen molar-refractivity contribution in [3.05, 3.63) is 29.0 Å². The molecule has 5 nitrogen and oxygen atoms in total. The summed E-state index contributed by atoms with van der Waals surface area (Å²) in [6, 6.07) is 3.89. The van der Waals surface area contributed by atoms with Crippen LogP contribution in [0.15, 0.2) is 18.2 Å². The number of hydrogen-bond donors (Lipinski definition) is 2. The number of likely N-dealkylation sites (N-methyl/N-ethyl adjacent to an activating group) is 2. The van der Waals surface area contributed by atoms with Gasteiger partial charge in [-0.2, -0.15) is 0 Å². The third-order valence-corrected chi connectivity index (χ3v) is 2.54. The predicted molar refractivity (Wildman–Crippen MR) is 71.6 cm³/mol. The first-order valence-electron chi connectivity index (χ1n) is 5.56. The molecule has 0 atom stereocenters. The molecular formula is C12H15ClFN3O2. The summed E-state index contributed by atoms with van der Waals surface area (Å²) in [6.45, 7) is 0.0569. The van der Waals surface area contributed by atoms with E-state index in [0.717, 1.165) is 0 Å². The molecule has 2 amide bonds. The second-order valence-corrected chi connectivity index (χ2v) is 4.45. The molecule has 1 aromatic rings. The van der Waals surface area contributed by atoms with Gasteiger partial charge in [0.2, 0.25) is 11.8 Å². The molecule has 0 saturated heterocycles. The van der Waals surface area contributed by atoms with Gasteiger partial charge in [0.15, 0.2) is 0 Å². The third kappa shape index (κ3) is 5.23. The predicted octanol–water partition coefficient (Wildman–Crippen LogP) is 1.10. The Bertz CT molecular complexity index is 482. The van der Waals surface area contributed by atoms with Crippen molar-refractivity contribution in [1.82, 2.24) is 10.2 Å². The molecule has 0 fully saturated rings. The number of hydrogen-bond acceptors (Lipinski definition) is 3. The van der Waals surface area contributed by atoms with Crippen molar-refractivity contribution in [2.75, 3.05) is 32.5 Å². The van der Waals surface area contributed by atoms with Crippen LogP contribution in [0.25, 0.3) is 0 Å². The molecule has 2 N–H and O–H groups in total. The average Bonchev–Trinajstić information content (AvgIpc) is 2.33. The summed E-state index contributed by atoms with van der Waals surface area (Å²) in [4.78, 5) is 24.3. The standard InChI is InChI=1S/C12H15ClFN3O2/c1-15-11(18)6-17(2)7-12(19)16-10-5-8(13)3-4-9(10)14/h3-5H,6-7H2,1-2H3,(H,15,18)(H,16,19). The minimum atomic E-state index is -0.563. The van der Waals surface area contributed by atoms with E-state index in [1.54, 1.807) is 7.05 Å². The van der Waals surface area contributed by atoms with Crippen LogP contribution in [0.1, 0.15) is 0 Å². The monoisotopic (exact) mass is 287 g/mol. The van der Waals surface area contributed by atoms with Crippen LogP contribution < -0.4 is 10.6 Å². The summed E-state index contributed by atoms with van der Waals surface area (Å²) < 4.78 is 13.4. The fourth-order valence-corrected chi connectivity index (χ4v) is 1.58. The topological polar surface area (TPSA) is 61.4 Å². The first-order valence-corrected chi connectivity index (χ1v) is 5.94. The van der Waals surface area contributed by atoms with Gasteiger partial charge in [0.05, 0.1) is 18.8 Å². The summed E-state index contributed by atoms with van der Waals surface area (Å²) in [5, 5.41) is 5.18. The van der Waals surface area contributed by atoms with Gasteiger partial charge in [-0.15, -0.1) is 0 Å². The van der Waals surface area contributed by atoms with Crippen LogP contribution in [0.3, 0.4) is 0 Å². The number of carbonyl (C=O) groups excluding carboxylic acids is 2. The molecule has 0 spiro atoms. The lowest BCUT2D eigenvalue weighted by atomic mass is 10.3. The summed E-state index contributed by atoms with van der Waals surface area (Å²) in [5.74, 6) is -1.19. The van der Waals surface area contributed by atoms with Crippen LogP contribution in [-0.4, -0.2) is 43.9 Å². The maximum atomic E-state index is 13.4. The molecule has 104 valence electrons. The van der Waals surface area contributed by atoms with Crippen molar-refractivity contribution in [2.45, 2.75) is 0 Å². The highest BCUT2D eigenvalue weighted by Crippen LogP contribution is 2.19. The van der Waals surface area contributed by atoms with Crippen molar-refractivity contribution in [2.24, 2.45) is 0 Å². The number of nitrogens with zero attached hydrogens (tertiary/aromatic N) is 1. The van der Waals surface area contributed by atoms with Crippen molar-refractivity contribution < 1.29 is 14.0 Å². The minimum absolute atomic E-state index is 0.0193. The molecule has 0 aliphatic carbocycles. The minimum Gasteiger partial charge on any atom is -0.358 e. The molecule has 0 saturated carbocycles. The summed E-state index contributed by atoms with van der Waals surface area (Å²) in [6.07, 6.45) is 0. The zero-order valence-corrected chi connectivity index (χ0v) is 11.4. The van der Waals surface area contributed by atoms with Crippen LogP contribution in [0.5, 0.6) is 0 Å². The Morgan fingerprint density at radius 1 is 1.32 bits per heavy atom. The van der Waals surface area contributed by atoms with Gasteiger partial charge in [0.25, 0.3) is 0 Å². The molecule has 7 heteroatoms. The molecule has 0 aliphatic heterocycles. The normalized spacial score (nSPS) is 10.4. The third-order valence-electron chi connectivity index (χ3n) is 2.31. The average molecular weight is 288 g/mol. The van der Waals surface area contributed by atoms with Gasteiger partial charge < -0.3 is 10.6 Å². The van der Waals surface area contributed by atoms with Gasteiger partial charge in [-0.25, -0.2) is 4.39 Å². The number of anilines is 1. The fraction of sp³-hybridized carbons (Fsp3) is 0.333. The Morgan fingerprint density at radius 3 is 2.58 bits per heavy atom. The number of rotatable bonds is 5. The number of benzene rings is 1. The van der Waals surface area contributed by atoms with Crippen molar-refractivity contribution >= 4 is 29.1 Å². The summed E-state index contributed by atoms with van der Waals surface area (Å²) in [5.41, 5.74) is 0.0193. The summed E-state index contributed by atoms with van der Waals surface area (Å²) >= 11 is 5.71. The zero-order chi connectivity index (χ0) is 14.4. The van der Waals surface area contributed by atoms with E-state index in [1.807, 2.05) is 0 Å². The van der Waals surface area contributed by atoms with Gasteiger partial charge in [0, 0.05) is 12.1 Å². The van der Waals surface area contributed by atoms with Crippen LogP contribution in [0, 0.1) is 5.82 Å². The molecule has 1 aromatic carbocycles. The van der Waals surface area contributed by atoms with Crippen LogP contribution >= 0.6 is 11.6 Å². The zero-order valence-electron chi connectivity index (χ0n) is 10.7. The largest absolute Gasteiger partial charge is 0.358 e. The Balaban J connectivity index is 2.55. The van der Waals surface area contributed by atoms with Crippen LogP contribution in [0.4, 0.5) is 10.1 Å². The lowest BCUT2D eigenvalue weighted by molar-refractivity contribution is -0.122. The molecule has 1 rings (SSSR count). The quantitative estimate of drug-likeness (QED) is 0.852. The highest BCUT2D eigenvalue weighted by Gasteiger charge is 2.12. The van der Waals surface area contributed by atoms with Crippen molar-refractivity contribution in [1.29, 1.82) is 0 Å². The highest BCUT2D eigenvalue weighted by atomic mass is 35.5. The highest BCUT2D eigenvalue weighted by molar-refractivity contribution is 6.30. The number of amides is 2. The van der Waals surface area contributed by atoms with E-state index in [0.29, 0.717) is 5.02 Å². The second-order valence-electron chi connectivity index (χ2n) is 4.02.